The number of amides is 1. The summed E-state index contributed by atoms with van der Waals surface area (Å²) in [5, 5.41) is 14.3. The molecule has 6 heteroatoms. The molecule has 0 saturated heterocycles. The van der Waals surface area contributed by atoms with E-state index in [1.165, 1.54) is 0 Å². The number of fused-ring (bicyclic) bond motifs is 1. The number of nitrogens with one attached hydrogen (secondary N) is 1. The molecule has 1 aromatic carbocycles. The van der Waals surface area contributed by atoms with Crippen LogP contribution in [0, 0.1) is 0 Å². The minimum absolute atomic E-state index is 0.0589. The lowest BCUT2D eigenvalue weighted by Gasteiger charge is -2.26. The molecular weight excluding hydrogens is 246 g/mol. The molecule has 1 atom stereocenters. The number of hydrogen-bond acceptors (Lipinski definition) is 4. The topological polar surface area (TPSA) is 96.9 Å². The van der Waals surface area contributed by atoms with Gasteiger partial charge in [-0.1, -0.05) is 23.4 Å². The molecule has 1 aliphatic heterocycles. The lowest BCUT2D eigenvalue weighted by atomic mass is 10.0. The standard InChI is InChI=1S/C13H17N3O3/c1-13(2,12(14)16-18)15-11(17)10-7-8-5-3-4-6-9(8)19-10/h3-6,10,18H,7H2,1-2H3,(H2,14,16)(H,15,17). The largest absolute Gasteiger partial charge is 0.480 e. The lowest BCUT2D eigenvalue weighted by Crippen LogP contribution is -2.56. The Morgan fingerprint density at radius 2 is 2.21 bits per heavy atom. The van der Waals surface area contributed by atoms with E-state index >= 15 is 0 Å². The van der Waals surface area contributed by atoms with Gasteiger partial charge in [0.15, 0.2) is 11.9 Å². The molecule has 1 aliphatic rings. The number of amidine groups is 1. The van der Waals surface area contributed by atoms with Crippen LogP contribution in [0.2, 0.25) is 0 Å². The summed E-state index contributed by atoms with van der Waals surface area (Å²) in [6.07, 6.45) is -0.0583. The number of benzene rings is 1. The van der Waals surface area contributed by atoms with Crippen molar-refractivity contribution in [1.29, 1.82) is 0 Å². The van der Waals surface area contributed by atoms with Gasteiger partial charge in [-0.05, 0) is 25.5 Å². The van der Waals surface area contributed by atoms with E-state index in [0.29, 0.717) is 6.42 Å². The summed E-state index contributed by atoms with van der Waals surface area (Å²) in [7, 11) is 0. The van der Waals surface area contributed by atoms with Crippen molar-refractivity contribution in [3.63, 3.8) is 0 Å². The second-order valence-electron chi connectivity index (χ2n) is 5.02. The minimum atomic E-state index is -0.927. The van der Waals surface area contributed by atoms with Crippen LogP contribution in [0.3, 0.4) is 0 Å². The first kappa shape index (κ1) is 13.2. The van der Waals surface area contributed by atoms with Crippen molar-refractivity contribution in [1.82, 2.24) is 5.32 Å². The van der Waals surface area contributed by atoms with E-state index in [0.717, 1.165) is 11.3 Å². The van der Waals surface area contributed by atoms with E-state index < -0.39 is 11.6 Å². The van der Waals surface area contributed by atoms with E-state index in [1.807, 2.05) is 24.3 Å². The molecule has 1 amide bonds. The first-order chi connectivity index (χ1) is 8.94. The molecule has 0 fully saturated rings. The molecule has 102 valence electrons. The van der Waals surface area contributed by atoms with E-state index in [9.17, 15) is 4.79 Å². The van der Waals surface area contributed by atoms with Gasteiger partial charge in [0.1, 0.15) is 5.75 Å². The van der Waals surface area contributed by atoms with Crippen molar-refractivity contribution in [3.05, 3.63) is 29.8 Å². The molecule has 0 bridgehead atoms. The number of oxime groups is 1. The van der Waals surface area contributed by atoms with Gasteiger partial charge in [0, 0.05) is 6.42 Å². The van der Waals surface area contributed by atoms with E-state index in [4.69, 9.17) is 15.7 Å². The Kier molecular flexibility index (Phi) is 3.33. The summed E-state index contributed by atoms with van der Waals surface area (Å²) in [5.41, 5.74) is 5.60. The highest BCUT2D eigenvalue weighted by Crippen LogP contribution is 2.28. The first-order valence-electron chi connectivity index (χ1n) is 5.98. The zero-order valence-corrected chi connectivity index (χ0v) is 10.9. The summed E-state index contributed by atoms with van der Waals surface area (Å²) >= 11 is 0. The van der Waals surface area contributed by atoms with Gasteiger partial charge >= 0.3 is 0 Å². The van der Waals surface area contributed by atoms with E-state index in [2.05, 4.69) is 10.5 Å². The third kappa shape index (κ3) is 2.62. The molecule has 6 nitrogen and oxygen atoms in total. The maximum atomic E-state index is 12.1. The normalized spacial score (nSPS) is 18.6. The van der Waals surface area contributed by atoms with Crippen molar-refractivity contribution >= 4 is 11.7 Å². The first-order valence-corrected chi connectivity index (χ1v) is 5.98. The Balaban J connectivity index is 2.04. The van der Waals surface area contributed by atoms with Gasteiger partial charge in [0.25, 0.3) is 5.91 Å². The fourth-order valence-electron chi connectivity index (χ4n) is 1.91. The number of hydrogen-bond donors (Lipinski definition) is 3. The monoisotopic (exact) mass is 263 g/mol. The molecule has 4 N–H and O–H groups in total. The average molecular weight is 263 g/mol. The van der Waals surface area contributed by atoms with Gasteiger partial charge in [0.2, 0.25) is 0 Å². The highest BCUT2D eigenvalue weighted by atomic mass is 16.5. The van der Waals surface area contributed by atoms with Crippen molar-refractivity contribution in [2.45, 2.75) is 31.9 Å². The van der Waals surface area contributed by atoms with Crippen LogP contribution >= 0.6 is 0 Å². The van der Waals surface area contributed by atoms with Crippen LogP contribution in [0.1, 0.15) is 19.4 Å². The number of ether oxygens (including phenoxy) is 1. The number of carbonyl (C=O) groups excluding carboxylic acids is 1. The number of para-hydroxylation sites is 1. The van der Waals surface area contributed by atoms with Crippen molar-refractivity contribution in [2.75, 3.05) is 0 Å². The summed E-state index contributed by atoms with van der Waals surface area (Å²) in [4.78, 5) is 12.1. The number of rotatable bonds is 3. The molecule has 0 spiro atoms. The molecule has 0 aromatic heterocycles. The Morgan fingerprint density at radius 3 is 2.84 bits per heavy atom. The van der Waals surface area contributed by atoms with Crippen molar-refractivity contribution in [2.24, 2.45) is 10.9 Å². The molecule has 1 unspecified atom stereocenters. The Labute approximate surface area is 111 Å². The summed E-state index contributed by atoms with van der Waals surface area (Å²) in [5.74, 6) is 0.383. The van der Waals surface area contributed by atoms with Crippen LogP contribution in [-0.4, -0.2) is 28.6 Å². The van der Waals surface area contributed by atoms with Crippen LogP contribution in [0.25, 0.3) is 0 Å². The molecular formula is C13H17N3O3. The van der Waals surface area contributed by atoms with Gasteiger partial charge in [0.05, 0.1) is 5.54 Å². The maximum absolute atomic E-state index is 12.1. The van der Waals surface area contributed by atoms with Gasteiger partial charge in [-0.3, -0.25) is 4.79 Å². The lowest BCUT2D eigenvalue weighted by molar-refractivity contribution is -0.128. The summed E-state index contributed by atoms with van der Waals surface area (Å²) in [6.45, 7) is 3.31. The van der Waals surface area contributed by atoms with Crippen LogP contribution in [0.4, 0.5) is 0 Å². The Hall–Kier alpha value is -2.24. The van der Waals surface area contributed by atoms with E-state index in [1.54, 1.807) is 13.8 Å². The SMILES string of the molecule is CC(C)(NC(=O)C1Cc2ccccc2O1)/C(N)=N/O. The fourth-order valence-corrected chi connectivity index (χ4v) is 1.91. The van der Waals surface area contributed by atoms with Gasteiger partial charge in [-0.2, -0.15) is 0 Å². The highest BCUT2D eigenvalue weighted by molar-refractivity contribution is 5.94. The summed E-state index contributed by atoms with van der Waals surface area (Å²) < 4.78 is 5.57. The second kappa shape index (κ2) is 4.79. The predicted octanol–water partition coefficient (Wildman–Crippen LogP) is 0.631. The quantitative estimate of drug-likeness (QED) is 0.322. The number of carbonyl (C=O) groups is 1. The molecule has 0 radical (unpaired) electrons. The Morgan fingerprint density at radius 1 is 1.53 bits per heavy atom. The van der Waals surface area contributed by atoms with Crippen LogP contribution in [0.5, 0.6) is 5.75 Å². The molecule has 2 rings (SSSR count). The molecule has 19 heavy (non-hydrogen) atoms. The molecule has 0 aliphatic carbocycles. The van der Waals surface area contributed by atoms with Crippen LogP contribution in [0.15, 0.2) is 29.4 Å². The zero-order chi connectivity index (χ0) is 14.0. The number of nitrogens with two attached hydrogens (primary N) is 1. The van der Waals surface area contributed by atoms with Gasteiger partial charge < -0.3 is 21.0 Å². The number of nitrogens with zero attached hydrogens (tertiary/aromatic N) is 1. The summed E-state index contributed by atoms with van der Waals surface area (Å²) in [6, 6.07) is 7.52. The molecule has 1 aromatic rings. The molecule has 1 heterocycles. The van der Waals surface area contributed by atoms with Crippen LogP contribution in [-0.2, 0) is 11.2 Å². The smallest absolute Gasteiger partial charge is 0.262 e. The van der Waals surface area contributed by atoms with Gasteiger partial charge in [-0.25, -0.2) is 0 Å². The molecule has 0 saturated carbocycles. The maximum Gasteiger partial charge on any atom is 0.262 e. The van der Waals surface area contributed by atoms with Crippen molar-refractivity contribution in [3.8, 4) is 5.75 Å². The fraction of sp³-hybridized carbons (Fsp3) is 0.385. The van der Waals surface area contributed by atoms with Crippen molar-refractivity contribution < 1.29 is 14.7 Å². The third-order valence-electron chi connectivity index (χ3n) is 3.12. The average Bonchev–Trinajstić information content (AvgIpc) is 2.81. The highest BCUT2D eigenvalue weighted by Gasteiger charge is 2.33. The predicted molar refractivity (Wildman–Crippen MR) is 70.2 cm³/mol. The second-order valence-corrected chi connectivity index (χ2v) is 5.02. The van der Waals surface area contributed by atoms with Crippen LogP contribution < -0.4 is 15.8 Å². The van der Waals surface area contributed by atoms with E-state index in [-0.39, 0.29) is 11.7 Å². The Bertz CT molecular complexity index is 501. The minimum Gasteiger partial charge on any atom is -0.480 e. The zero-order valence-electron chi connectivity index (χ0n) is 10.9. The van der Waals surface area contributed by atoms with Gasteiger partial charge in [-0.15, -0.1) is 0 Å². The third-order valence-corrected chi connectivity index (χ3v) is 3.12.